The van der Waals surface area contributed by atoms with Crippen LogP contribution in [0.15, 0.2) is 42.5 Å². The van der Waals surface area contributed by atoms with Crippen LogP contribution in [-0.2, 0) is 11.0 Å². The van der Waals surface area contributed by atoms with Crippen molar-refractivity contribution in [2.45, 2.75) is 37.9 Å². The number of hydrogen-bond donors (Lipinski definition) is 2. The predicted octanol–water partition coefficient (Wildman–Crippen LogP) is 5.94. The van der Waals surface area contributed by atoms with Crippen molar-refractivity contribution in [1.29, 1.82) is 0 Å². The monoisotopic (exact) mass is 470 g/mol. The number of hydrogen-bond acceptors (Lipinski definition) is 2. The van der Waals surface area contributed by atoms with Crippen molar-refractivity contribution in [3.63, 3.8) is 0 Å². The molecule has 1 unspecified atom stereocenters. The second kappa shape index (κ2) is 7.41. The van der Waals surface area contributed by atoms with Gasteiger partial charge >= 0.3 is 6.18 Å². The molecule has 2 bridgehead atoms. The Hall–Kier alpha value is -2.25. The summed E-state index contributed by atoms with van der Waals surface area (Å²) in [6.45, 7) is 1.77. The largest absolute Gasteiger partial charge is 0.416 e. The zero-order chi connectivity index (χ0) is 22.6. The van der Waals surface area contributed by atoms with Gasteiger partial charge in [-0.3, -0.25) is 9.59 Å². The van der Waals surface area contributed by atoms with Crippen molar-refractivity contribution in [2.24, 2.45) is 11.3 Å². The van der Waals surface area contributed by atoms with Crippen LogP contribution in [0.2, 0.25) is 10.0 Å². The van der Waals surface area contributed by atoms with Crippen LogP contribution >= 0.6 is 23.2 Å². The maximum atomic E-state index is 12.9. The summed E-state index contributed by atoms with van der Waals surface area (Å²) < 4.78 is 38.6. The molecule has 2 aromatic carbocycles. The summed E-state index contributed by atoms with van der Waals surface area (Å²) >= 11 is 11.8. The average Bonchev–Trinajstić information content (AvgIpc) is 2.64. The van der Waals surface area contributed by atoms with E-state index in [1.54, 1.807) is 19.1 Å². The van der Waals surface area contributed by atoms with E-state index in [1.807, 2.05) is 0 Å². The van der Waals surface area contributed by atoms with Crippen LogP contribution < -0.4 is 10.6 Å². The second-order valence-corrected chi connectivity index (χ2v) is 9.36. The summed E-state index contributed by atoms with van der Waals surface area (Å²) in [4.78, 5) is 25.2. The molecule has 0 radical (unpaired) electrons. The van der Waals surface area contributed by atoms with Gasteiger partial charge in [0.25, 0.3) is 5.91 Å². The fourth-order valence-electron chi connectivity index (χ4n) is 4.71. The first-order chi connectivity index (χ1) is 14.4. The van der Waals surface area contributed by atoms with Crippen molar-refractivity contribution < 1.29 is 22.8 Å². The fraction of sp³-hybridized carbons (Fsp3) is 0.364. The van der Waals surface area contributed by atoms with Crippen LogP contribution in [0.4, 0.5) is 18.9 Å². The Labute approximate surface area is 187 Å². The fourth-order valence-corrected chi connectivity index (χ4v) is 5.01. The Morgan fingerprint density at radius 1 is 1.03 bits per heavy atom. The van der Waals surface area contributed by atoms with E-state index in [4.69, 9.17) is 23.2 Å². The van der Waals surface area contributed by atoms with E-state index in [2.05, 4.69) is 10.6 Å². The van der Waals surface area contributed by atoms with E-state index < -0.39 is 17.7 Å². The number of alkyl halides is 3. The summed E-state index contributed by atoms with van der Waals surface area (Å²) in [6, 6.07) is 9.23. The highest BCUT2D eigenvalue weighted by Crippen LogP contribution is 2.70. The summed E-state index contributed by atoms with van der Waals surface area (Å²) in [6.07, 6.45) is -2.54. The van der Waals surface area contributed by atoms with Crippen LogP contribution in [-0.4, -0.2) is 17.4 Å². The number of rotatable bonds is 5. The molecule has 3 fully saturated rings. The Kier molecular flexibility index (Phi) is 5.25. The topological polar surface area (TPSA) is 58.2 Å². The molecule has 9 heteroatoms. The van der Waals surface area contributed by atoms with Crippen LogP contribution in [0.3, 0.4) is 0 Å². The highest BCUT2D eigenvalue weighted by atomic mass is 35.5. The van der Waals surface area contributed by atoms with E-state index in [0.717, 1.165) is 12.1 Å². The minimum Gasteiger partial charge on any atom is -0.347 e. The van der Waals surface area contributed by atoms with E-state index >= 15 is 0 Å². The van der Waals surface area contributed by atoms with Crippen LogP contribution in [0.5, 0.6) is 0 Å². The lowest BCUT2D eigenvalue weighted by Crippen LogP contribution is -2.77. The lowest BCUT2D eigenvalue weighted by molar-refractivity contribution is -0.184. The van der Waals surface area contributed by atoms with Crippen LogP contribution in [0.1, 0.15) is 42.1 Å². The van der Waals surface area contributed by atoms with Crippen molar-refractivity contribution in [1.82, 2.24) is 5.32 Å². The van der Waals surface area contributed by atoms with Gasteiger partial charge in [-0.2, -0.15) is 13.2 Å². The first-order valence-electron chi connectivity index (χ1n) is 9.69. The maximum absolute atomic E-state index is 12.9. The molecule has 3 aliphatic rings. The van der Waals surface area contributed by atoms with E-state index in [9.17, 15) is 22.8 Å². The van der Waals surface area contributed by atoms with Crippen LogP contribution in [0, 0.1) is 11.3 Å². The highest BCUT2D eigenvalue weighted by Gasteiger charge is 2.71. The molecule has 3 saturated carbocycles. The van der Waals surface area contributed by atoms with Crippen molar-refractivity contribution in [3.8, 4) is 0 Å². The Morgan fingerprint density at radius 3 is 2.32 bits per heavy atom. The smallest absolute Gasteiger partial charge is 0.347 e. The number of benzene rings is 2. The number of amides is 2. The minimum absolute atomic E-state index is 0.112. The van der Waals surface area contributed by atoms with Gasteiger partial charge in [0.05, 0.1) is 15.6 Å². The SMILES string of the molecule is CC(C(=O)Nc1cccc(C(F)(F)F)c1)C12CC(NC(=O)c3ccc(Cl)c(Cl)c3)(C1)C2. The molecule has 4 nitrogen and oxygen atoms in total. The maximum Gasteiger partial charge on any atom is 0.416 e. The molecule has 2 amide bonds. The zero-order valence-electron chi connectivity index (χ0n) is 16.4. The second-order valence-electron chi connectivity index (χ2n) is 8.55. The van der Waals surface area contributed by atoms with Gasteiger partial charge in [0, 0.05) is 22.7 Å². The normalized spacial score (nSPS) is 25.1. The highest BCUT2D eigenvalue weighted by molar-refractivity contribution is 6.42. The molecule has 0 heterocycles. The Balaban J connectivity index is 1.35. The first kappa shape index (κ1) is 22.0. The molecule has 2 aromatic rings. The van der Waals surface area contributed by atoms with Gasteiger partial charge in [-0.1, -0.05) is 36.2 Å². The summed E-state index contributed by atoms with van der Waals surface area (Å²) in [5, 5.41) is 6.27. The third-order valence-corrected chi connectivity index (χ3v) is 7.14. The van der Waals surface area contributed by atoms with Gasteiger partial charge in [0.15, 0.2) is 0 Å². The van der Waals surface area contributed by atoms with Gasteiger partial charge in [-0.25, -0.2) is 0 Å². The number of halogens is 5. The molecule has 164 valence electrons. The third kappa shape index (κ3) is 4.01. The van der Waals surface area contributed by atoms with E-state index in [-0.39, 0.29) is 28.5 Å². The molecule has 0 aliphatic heterocycles. The molecule has 2 N–H and O–H groups in total. The molecule has 0 saturated heterocycles. The molecule has 0 aromatic heterocycles. The van der Waals surface area contributed by atoms with Gasteiger partial charge in [0.1, 0.15) is 0 Å². The molecular weight excluding hydrogens is 452 g/mol. The molecule has 31 heavy (non-hydrogen) atoms. The number of anilines is 1. The predicted molar refractivity (Wildman–Crippen MR) is 112 cm³/mol. The van der Waals surface area contributed by atoms with Crippen LogP contribution in [0.25, 0.3) is 0 Å². The zero-order valence-corrected chi connectivity index (χ0v) is 18.0. The molecule has 0 spiro atoms. The quantitative estimate of drug-likeness (QED) is 0.567. The number of carbonyl (C=O) groups is 2. The van der Waals surface area contributed by atoms with Gasteiger partial charge in [-0.05, 0) is 61.1 Å². The molecular formula is C22H19Cl2F3N2O2. The lowest BCUT2D eigenvalue weighted by Gasteiger charge is -2.72. The summed E-state index contributed by atoms with van der Waals surface area (Å²) in [7, 11) is 0. The number of nitrogens with one attached hydrogen (secondary N) is 2. The Morgan fingerprint density at radius 2 is 1.71 bits per heavy atom. The number of carbonyl (C=O) groups excluding carboxylic acids is 2. The van der Waals surface area contributed by atoms with Crippen molar-refractivity contribution >= 4 is 40.7 Å². The molecule has 5 rings (SSSR count). The van der Waals surface area contributed by atoms with Crippen molar-refractivity contribution in [3.05, 3.63) is 63.6 Å². The Bertz CT molecular complexity index is 1050. The first-order valence-corrected chi connectivity index (χ1v) is 10.4. The molecule has 3 aliphatic carbocycles. The standard InChI is InChI=1S/C22H19Cl2F3N2O2/c1-12(18(30)28-15-4-2-3-14(8-15)22(25,26)27)20-9-21(10-20,11-20)29-19(31)13-5-6-16(23)17(24)7-13/h2-8,12H,9-11H2,1H3,(H,28,30)(H,29,31). The summed E-state index contributed by atoms with van der Waals surface area (Å²) in [5.74, 6) is -0.984. The van der Waals surface area contributed by atoms with Gasteiger partial charge in [0.2, 0.25) is 5.91 Å². The van der Waals surface area contributed by atoms with Crippen molar-refractivity contribution in [2.75, 3.05) is 5.32 Å². The van der Waals surface area contributed by atoms with E-state index in [0.29, 0.717) is 34.9 Å². The lowest BCUT2D eigenvalue weighted by atomic mass is 9.36. The van der Waals surface area contributed by atoms with Gasteiger partial charge < -0.3 is 10.6 Å². The third-order valence-electron chi connectivity index (χ3n) is 6.40. The van der Waals surface area contributed by atoms with Gasteiger partial charge in [-0.15, -0.1) is 0 Å². The molecule has 1 atom stereocenters. The minimum atomic E-state index is -4.47. The summed E-state index contributed by atoms with van der Waals surface area (Å²) in [5.41, 5.74) is -0.901. The average molecular weight is 471 g/mol. The van der Waals surface area contributed by atoms with E-state index in [1.165, 1.54) is 18.2 Å².